The number of hydrogen-bond acceptors (Lipinski definition) is 6. The minimum Gasteiger partial charge on any atom is -0.510 e. The van der Waals surface area contributed by atoms with Gasteiger partial charge in [0.05, 0.1) is 11.4 Å². The lowest BCUT2D eigenvalue weighted by Crippen LogP contribution is -2.14. The Labute approximate surface area is 160 Å². The van der Waals surface area contributed by atoms with Crippen LogP contribution in [0.4, 0.5) is 10.8 Å². The number of nitrogens with one attached hydrogen (secondary N) is 1. The van der Waals surface area contributed by atoms with Crippen LogP contribution in [-0.2, 0) is 4.79 Å². The zero-order chi connectivity index (χ0) is 19.2. The Hall–Kier alpha value is -3.32. The summed E-state index contributed by atoms with van der Waals surface area (Å²) in [6, 6.07) is 17.0. The lowest BCUT2D eigenvalue weighted by molar-refractivity contribution is -0.113. The third-order valence-corrected chi connectivity index (χ3v) is 4.41. The predicted octanol–water partition coefficient (Wildman–Crippen LogP) is 5.63. The molecule has 1 aromatic heterocycles. The quantitative estimate of drug-likeness (QED) is 0.343. The van der Waals surface area contributed by atoms with Gasteiger partial charge in [-0.3, -0.25) is 10.1 Å². The van der Waals surface area contributed by atoms with E-state index in [4.69, 9.17) is 0 Å². The molecule has 0 saturated carbocycles. The van der Waals surface area contributed by atoms with Crippen molar-refractivity contribution in [2.75, 3.05) is 5.32 Å². The molecule has 0 spiro atoms. The highest BCUT2D eigenvalue weighted by atomic mass is 32.1. The molecule has 0 bridgehead atoms. The molecule has 3 rings (SSSR count). The van der Waals surface area contributed by atoms with Gasteiger partial charge in [0.2, 0.25) is 0 Å². The van der Waals surface area contributed by atoms with Gasteiger partial charge in [-0.15, -0.1) is 16.5 Å². The predicted molar refractivity (Wildman–Crippen MR) is 107 cm³/mol. The minimum atomic E-state index is -0.570. The van der Waals surface area contributed by atoms with E-state index in [9.17, 15) is 9.90 Å². The smallest absolute Gasteiger partial charge is 0.281 e. The summed E-state index contributed by atoms with van der Waals surface area (Å²) in [6.07, 6.45) is 0. The van der Waals surface area contributed by atoms with Crippen LogP contribution in [0.3, 0.4) is 0 Å². The summed E-state index contributed by atoms with van der Waals surface area (Å²) < 4.78 is 0. The fourth-order valence-corrected chi connectivity index (χ4v) is 2.94. The number of hydrogen-bond donors (Lipinski definition) is 2. The van der Waals surface area contributed by atoms with E-state index in [-0.39, 0.29) is 11.5 Å². The van der Waals surface area contributed by atoms with E-state index in [1.807, 2.05) is 54.8 Å². The number of amides is 1. The van der Waals surface area contributed by atoms with E-state index in [2.05, 4.69) is 20.5 Å². The Balaban J connectivity index is 1.74. The third-order valence-electron chi connectivity index (χ3n) is 3.65. The first-order valence-corrected chi connectivity index (χ1v) is 9.11. The van der Waals surface area contributed by atoms with Crippen molar-refractivity contribution in [2.45, 2.75) is 13.8 Å². The Kier molecular flexibility index (Phi) is 5.73. The average Bonchev–Trinajstić information content (AvgIpc) is 3.12. The van der Waals surface area contributed by atoms with Crippen molar-refractivity contribution in [1.82, 2.24) is 4.98 Å². The number of anilines is 1. The second-order valence-electron chi connectivity index (χ2n) is 5.83. The highest BCUT2D eigenvalue weighted by Gasteiger charge is 2.15. The van der Waals surface area contributed by atoms with Gasteiger partial charge in [-0.05, 0) is 26.0 Å². The molecule has 2 N–H and O–H groups in total. The number of aliphatic hydroxyl groups excluding tert-OH is 1. The highest BCUT2D eigenvalue weighted by Crippen LogP contribution is 2.25. The average molecular weight is 378 g/mol. The van der Waals surface area contributed by atoms with Crippen LogP contribution < -0.4 is 5.32 Å². The zero-order valence-corrected chi connectivity index (χ0v) is 15.7. The van der Waals surface area contributed by atoms with Gasteiger partial charge >= 0.3 is 0 Å². The van der Waals surface area contributed by atoms with Crippen molar-refractivity contribution in [3.8, 4) is 11.3 Å². The van der Waals surface area contributed by atoms with Crippen LogP contribution in [0.5, 0.6) is 0 Å². The standard InChI is InChI=1S/C20H18N4O2S/c1-13-8-10-16(11-9-13)23-24-18(14(2)25)19(26)22-20-21-17(12-27-20)15-6-4-3-5-7-15/h3-12,25H,1-2H3,(H,21,22,26)/b18-14+,24-23?. The molecule has 2 aromatic carbocycles. The minimum absolute atomic E-state index is 0.160. The maximum atomic E-state index is 12.5. The molecule has 0 fully saturated rings. The first-order chi connectivity index (χ1) is 13.0. The number of aliphatic hydroxyl groups is 1. The van der Waals surface area contributed by atoms with E-state index in [1.165, 1.54) is 18.3 Å². The van der Waals surface area contributed by atoms with Crippen LogP contribution in [0.25, 0.3) is 11.3 Å². The Morgan fingerprint density at radius 2 is 1.81 bits per heavy atom. The SMILES string of the molecule is C/C(O)=C(\N=Nc1ccc(C)cc1)C(=O)Nc1nc(-c2ccccc2)cs1. The van der Waals surface area contributed by atoms with Crippen molar-refractivity contribution >= 4 is 28.1 Å². The first kappa shape index (κ1) is 18.5. The van der Waals surface area contributed by atoms with Gasteiger partial charge in [-0.1, -0.05) is 48.0 Å². The normalized spacial score (nSPS) is 12.1. The fourth-order valence-electron chi connectivity index (χ4n) is 2.23. The molecular weight excluding hydrogens is 360 g/mol. The molecule has 0 aliphatic rings. The summed E-state index contributed by atoms with van der Waals surface area (Å²) in [5.74, 6) is -0.789. The molecule has 0 radical (unpaired) electrons. The van der Waals surface area contributed by atoms with Crippen LogP contribution >= 0.6 is 11.3 Å². The summed E-state index contributed by atoms with van der Waals surface area (Å²) in [5.41, 5.74) is 3.25. The molecule has 0 aliphatic heterocycles. The van der Waals surface area contributed by atoms with Crippen LogP contribution in [0, 0.1) is 6.92 Å². The van der Waals surface area contributed by atoms with E-state index in [1.54, 1.807) is 12.1 Å². The van der Waals surface area contributed by atoms with Crippen LogP contribution in [0.1, 0.15) is 12.5 Å². The molecule has 1 amide bonds. The van der Waals surface area contributed by atoms with Gasteiger partial charge in [0.25, 0.3) is 5.91 Å². The summed E-state index contributed by atoms with van der Waals surface area (Å²) in [5, 5.41) is 22.7. The summed E-state index contributed by atoms with van der Waals surface area (Å²) in [4.78, 5) is 16.9. The molecule has 0 unspecified atom stereocenters. The van der Waals surface area contributed by atoms with Gasteiger partial charge in [0.15, 0.2) is 10.8 Å². The number of nitrogens with zero attached hydrogens (tertiary/aromatic N) is 3. The number of thiazole rings is 1. The molecule has 27 heavy (non-hydrogen) atoms. The van der Waals surface area contributed by atoms with E-state index < -0.39 is 5.91 Å². The number of benzene rings is 2. The van der Waals surface area contributed by atoms with E-state index in [0.29, 0.717) is 10.8 Å². The van der Waals surface area contributed by atoms with Crippen molar-refractivity contribution < 1.29 is 9.90 Å². The monoisotopic (exact) mass is 378 g/mol. The molecule has 6 nitrogen and oxygen atoms in total. The van der Waals surface area contributed by atoms with Gasteiger partial charge in [0.1, 0.15) is 5.76 Å². The number of aryl methyl sites for hydroxylation is 1. The summed E-state index contributed by atoms with van der Waals surface area (Å²) >= 11 is 1.30. The molecule has 1 heterocycles. The number of aromatic nitrogens is 1. The first-order valence-electron chi connectivity index (χ1n) is 8.23. The number of azo groups is 1. The fraction of sp³-hybridized carbons (Fsp3) is 0.100. The second-order valence-corrected chi connectivity index (χ2v) is 6.69. The Bertz CT molecular complexity index is 988. The van der Waals surface area contributed by atoms with Crippen molar-refractivity contribution in [3.63, 3.8) is 0 Å². The second kappa shape index (κ2) is 8.37. The lowest BCUT2D eigenvalue weighted by atomic mass is 10.2. The molecule has 0 atom stereocenters. The summed E-state index contributed by atoms with van der Waals surface area (Å²) in [6.45, 7) is 3.36. The third kappa shape index (κ3) is 4.86. The van der Waals surface area contributed by atoms with Crippen molar-refractivity contribution in [2.24, 2.45) is 10.2 Å². The van der Waals surface area contributed by atoms with Crippen LogP contribution in [0.2, 0.25) is 0 Å². The molecule has 0 saturated heterocycles. The maximum absolute atomic E-state index is 12.5. The van der Waals surface area contributed by atoms with Gasteiger partial charge in [-0.25, -0.2) is 4.98 Å². The molecule has 3 aromatic rings. The van der Waals surface area contributed by atoms with E-state index >= 15 is 0 Å². The number of carbonyl (C=O) groups excluding carboxylic acids is 1. The van der Waals surface area contributed by atoms with Crippen molar-refractivity contribution in [1.29, 1.82) is 0 Å². The number of rotatable bonds is 5. The van der Waals surface area contributed by atoms with E-state index in [0.717, 1.165) is 16.8 Å². The lowest BCUT2D eigenvalue weighted by Gasteiger charge is -2.03. The summed E-state index contributed by atoms with van der Waals surface area (Å²) in [7, 11) is 0. The number of carbonyl (C=O) groups is 1. The highest BCUT2D eigenvalue weighted by molar-refractivity contribution is 7.14. The van der Waals surface area contributed by atoms with Gasteiger partial charge in [-0.2, -0.15) is 5.11 Å². The molecular formula is C20H18N4O2S. The topological polar surface area (TPSA) is 86.9 Å². The van der Waals surface area contributed by atoms with Gasteiger partial charge in [0, 0.05) is 10.9 Å². The van der Waals surface area contributed by atoms with Crippen LogP contribution in [-0.4, -0.2) is 16.0 Å². The van der Waals surface area contributed by atoms with Gasteiger partial charge < -0.3 is 5.11 Å². The maximum Gasteiger partial charge on any atom is 0.281 e. The van der Waals surface area contributed by atoms with Crippen LogP contribution in [0.15, 0.2) is 81.7 Å². The zero-order valence-electron chi connectivity index (χ0n) is 14.9. The number of allylic oxidation sites excluding steroid dienone is 1. The largest absolute Gasteiger partial charge is 0.510 e. The Morgan fingerprint density at radius 1 is 1.11 bits per heavy atom. The molecule has 136 valence electrons. The Morgan fingerprint density at radius 3 is 2.48 bits per heavy atom. The van der Waals surface area contributed by atoms with Crippen molar-refractivity contribution in [3.05, 3.63) is 77.0 Å². The molecule has 7 heteroatoms. The molecule has 0 aliphatic carbocycles.